The van der Waals surface area contributed by atoms with Crippen molar-refractivity contribution in [2.45, 2.75) is 47.1 Å². The Hall–Kier alpha value is -1.58. The monoisotopic (exact) mass is 249 g/mol. The van der Waals surface area contributed by atoms with E-state index in [9.17, 15) is 4.79 Å². The summed E-state index contributed by atoms with van der Waals surface area (Å²) in [7, 11) is 0. The van der Waals surface area contributed by atoms with E-state index < -0.39 is 0 Å². The molecule has 1 aromatic rings. The molecule has 0 fully saturated rings. The van der Waals surface area contributed by atoms with Gasteiger partial charge in [-0.05, 0) is 39.7 Å². The second kappa shape index (κ2) is 6.99. The van der Waals surface area contributed by atoms with E-state index in [2.05, 4.69) is 16.5 Å². The Kier molecular flexibility index (Phi) is 5.62. The predicted octanol–water partition coefficient (Wildman–Crippen LogP) is 2.36. The van der Waals surface area contributed by atoms with Gasteiger partial charge in [0.2, 0.25) is 5.91 Å². The Morgan fingerprint density at radius 2 is 2.22 bits per heavy atom. The second-order valence-electron chi connectivity index (χ2n) is 4.56. The summed E-state index contributed by atoms with van der Waals surface area (Å²) >= 11 is 0. The number of hydrogen-bond acceptors (Lipinski definition) is 2. The number of allylic oxidation sites excluding steroid dienone is 1. The molecular formula is C14H23N3O. The molecule has 1 aromatic heterocycles. The Balaban J connectivity index is 2.29. The molecule has 0 bridgehead atoms. The van der Waals surface area contributed by atoms with Crippen LogP contribution in [0.4, 0.5) is 0 Å². The highest BCUT2D eigenvalue weighted by atomic mass is 16.1. The van der Waals surface area contributed by atoms with E-state index in [1.54, 1.807) is 0 Å². The molecule has 0 aliphatic rings. The first kappa shape index (κ1) is 14.5. The molecule has 1 N–H and O–H groups in total. The van der Waals surface area contributed by atoms with Gasteiger partial charge in [0, 0.05) is 24.4 Å². The molecule has 0 aliphatic heterocycles. The maximum absolute atomic E-state index is 11.6. The van der Waals surface area contributed by atoms with Crippen molar-refractivity contribution in [1.29, 1.82) is 0 Å². The average molecular weight is 249 g/mol. The molecule has 0 atom stereocenters. The maximum atomic E-state index is 11.6. The SMILES string of the molecule is CC/C=C(\C)C(=O)NCCCn1nc(C)cc1C. The number of hydrogen-bond donors (Lipinski definition) is 1. The Morgan fingerprint density at radius 3 is 2.78 bits per heavy atom. The van der Waals surface area contributed by atoms with E-state index in [0.717, 1.165) is 30.7 Å². The topological polar surface area (TPSA) is 46.9 Å². The van der Waals surface area contributed by atoms with Gasteiger partial charge >= 0.3 is 0 Å². The summed E-state index contributed by atoms with van der Waals surface area (Å²) in [5.74, 6) is 0.0326. The van der Waals surface area contributed by atoms with Gasteiger partial charge in [-0.15, -0.1) is 0 Å². The molecule has 0 spiro atoms. The largest absolute Gasteiger partial charge is 0.352 e. The molecule has 18 heavy (non-hydrogen) atoms. The zero-order chi connectivity index (χ0) is 13.5. The Bertz CT molecular complexity index is 432. The van der Waals surface area contributed by atoms with Crippen molar-refractivity contribution in [3.05, 3.63) is 29.1 Å². The molecule has 1 amide bonds. The molecule has 1 rings (SSSR count). The molecule has 0 aromatic carbocycles. The summed E-state index contributed by atoms with van der Waals surface area (Å²) in [4.78, 5) is 11.6. The number of carbonyl (C=O) groups is 1. The first-order valence-electron chi connectivity index (χ1n) is 6.50. The lowest BCUT2D eigenvalue weighted by Crippen LogP contribution is -2.26. The van der Waals surface area contributed by atoms with E-state index in [0.29, 0.717) is 6.54 Å². The molecular weight excluding hydrogens is 226 g/mol. The van der Waals surface area contributed by atoms with Crippen LogP contribution in [0.2, 0.25) is 0 Å². The van der Waals surface area contributed by atoms with Crippen LogP contribution < -0.4 is 5.32 Å². The maximum Gasteiger partial charge on any atom is 0.246 e. The van der Waals surface area contributed by atoms with E-state index in [1.807, 2.05) is 38.5 Å². The van der Waals surface area contributed by atoms with Crippen molar-refractivity contribution in [3.63, 3.8) is 0 Å². The zero-order valence-electron chi connectivity index (χ0n) is 11.8. The van der Waals surface area contributed by atoms with Gasteiger partial charge in [0.15, 0.2) is 0 Å². The molecule has 0 radical (unpaired) electrons. The number of nitrogens with zero attached hydrogens (tertiary/aromatic N) is 2. The molecule has 100 valence electrons. The van der Waals surface area contributed by atoms with Crippen molar-refractivity contribution < 1.29 is 4.79 Å². The summed E-state index contributed by atoms with van der Waals surface area (Å²) in [6.45, 7) is 9.44. The van der Waals surface area contributed by atoms with Crippen LogP contribution in [0.1, 0.15) is 38.1 Å². The third kappa shape index (κ3) is 4.35. The highest BCUT2D eigenvalue weighted by Gasteiger charge is 2.03. The van der Waals surface area contributed by atoms with Crippen LogP contribution in [0.5, 0.6) is 0 Å². The van der Waals surface area contributed by atoms with Crippen LogP contribution in [0.15, 0.2) is 17.7 Å². The van der Waals surface area contributed by atoms with Gasteiger partial charge in [-0.2, -0.15) is 5.10 Å². The van der Waals surface area contributed by atoms with Gasteiger partial charge in [-0.3, -0.25) is 9.48 Å². The normalized spacial score (nSPS) is 11.7. The van der Waals surface area contributed by atoms with Gasteiger partial charge < -0.3 is 5.32 Å². The first-order valence-corrected chi connectivity index (χ1v) is 6.50. The van der Waals surface area contributed by atoms with Gasteiger partial charge in [0.25, 0.3) is 0 Å². The summed E-state index contributed by atoms with van der Waals surface area (Å²) in [5.41, 5.74) is 3.00. The summed E-state index contributed by atoms with van der Waals surface area (Å²) in [5, 5.41) is 7.30. The molecule has 4 heteroatoms. The van der Waals surface area contributed by atoms with E-state index in [-0.39, 0.29) is 5.91 Å². The van der Waals surface area contributed by atoms with Crippen LogP contribution in [-0.4, -0.2) is 22.2 Å². The summed E-state index contributed by atoms with van der Waals surface area (Å²) < 4.78 is 1.98. The highest BCUT2D eigenvalue weighted by molar-refractivity contribution is 5.92. The van der Waals surface area contributed by atoms with Gasteiger partial charge in [-0.1, -0.05) is 13.0 Å². The van der Waals surface area contributed by atoms with Crippen LogP contribution in [0.25, 0.3) is 0 Å². The molecule has 1 heterocycles. The second-order valence-corrected chi connectivity index (χ2v) is 4.56. The quantitative estimate of drug-likeness (QED) is 0.621. The number of carbonyl (C=O) groups excluding carboxylic acids is 1. The lowest BCUT2D eigenvalue weighted by Gasteiger charge is -2.06. The smallest absolute Gasteiger partial charge is 0.246 e. The fraction of sp³-hybridized carbons (Fsp3) is 0.571. The van der Waals surface area contributed by atoms with Crippen LogP contribution in [0.3, 0.4) is 0 Å². The third-order valence-electron chi connectivity index (χ3n) is 2.80. The minimum absolute atomic E-state index is 0.0326. The van der Waals surface area contributed by atoms with Crippen molar-refractivity contribution in [3.8, 4) is 0 Å². The number of aromatic nitrogens is 2. The van der Waals surface area contributed by atoms with Crippen LogP contribution in [-0.2, 0) is 11.3 Å². The Labute approximate surface area is 109 Å². The van der Waals surface area contributed by atoms with E-state index in [1.165, 1.54) is 5.69 Å². The van der Waals surface area contributed by atoms with Crippen molar-refractivity contribution in [2.24, 2.45) is 0 Å². The predicted molar refractivity (Wildman–Crippen MR) is 73.4 cm³/mol. The number of rotatable bonds is 6. The van der Waals surface area contributed by atoms with E-state index >= 15 is 0 Å². The molecule has 0 unspecified atom stereocenters. The molecule has 0 aliphatic carbocycles. The number of aryl methyl sites for hydroxylation is 3. The first-order chi connectivity index (χ1) is 8.54. The van der Waals surface area contributed by atoms with Crippen molar-refractivity contribution in [1.82, 2.24) is 15.1 Å². The standard InChI is InChI=1S/C14H23N3O/c1-5-7-11(2)14(18)15-8-6-9-17-13(4)10-12(3)16-17/h7,10H,5-6,8-9H2,1-4H3,(H,15,18)/b11-7+. The van der Waals surface area contributed by atoms with Crippen LogP contribution in [0, 0.1) is 13.8 Å². The molecule has 0 saturated heterocycles. The van der Waals surface area contributed by atoms with Crippen LogP contribution >= 0.6 is 0 Å². The minimum atomic E-state index is 0.0326. The van der Waals surface area contributed by atoms with Crippen molar-refractivity contribution >= 4 is 5.91 Å². The van der Waals surface area contributed by atoms with E-state index in [4.69, 9.17) is 0 Å². The van der Waals surface area contributed by atoms with Crippen molar-refractivity contribution in [2.75, 3.05) is 6.54 Å². The van der Waals surface area contributed by atoms with Gasteiger partial charge in [-0.25, -0.2) is 0 Å². The number of nitrogens with one attached hydrogen (secondary N) is 1. The molecule has 4 nitrogen and oxygen atoms in total. The Morgan fingerprint density at radius 1 is 1.50 bits per heavy atom. The minimum Gasteiger partial charge on any atom is -0.352 e. The number of amides is 1. The third-order valence-corrected chi connectivity index (χ3v) is 2.80. The summed E-state index contributed by atoms with van der Waals surface area (Å²) in [6, 6.07) is 2.06. The molecule has 0 saturated carbocycles. The fourth-order valence-corrected chi connectivity index (χ4v) is 1.87. The lowest BCUT2D eigenvalue weighted by atomic mass is 10.2. The average Bonchev–Trinajstić information content (AvgIpc) is 2.63. The fourth-order valence-electron chi connectivity index (χ4n) is 1.87. The van der Waals surface area contributed by atoms with Gasteiger partial charge in [0.05, 0.1) is 5.69 Å². The highest BCUT2D eigenvalue weighted by Crippen LogP contribution is 2.02. The summed E-state index contributed by atoms with van der Waals surface area (Å²) in [6.07, 6.45) is 3.73. The zero-order valence-corrected chi connectivity index (χ0v) is 11.8. The lowest BCUT2D eigenvalue weighted by molar-refractivity contribution is -0.117. The van der Waals surface area contributed by atoms with Gasteiger partial charge in [0.1, 0.15) is 0 Å².